The molecule has 0 saturated carbocycles. The van der Waals surface area contributed by atoms with Crippen molar-refractivity contribution in [3.8, 4) is 0 Å². The maximum atomic E-state index is 11.6. The Kier molecular flexibility index (Phi) is 3.41. The van der Waals surface area contributed by atoms with Crippen molar-refractivity contribution in [2.24, 2.45) is 0 Å². The average molecular weight is 220 g/mol. The number of hydrogen-bond acceptors (Lipinski definition) is 4. The first-order valence-electron chi connectivity index (χ1n) is 5.43. The van der Waals surface area contributed by atoms with Crippen LogP contribution in [-0.2, 0) is 9.53 Å². The number of hydrogen-bond donors (Lipinski definition) is 1. The molecule has 0 amide bonds. The van der Waals surface area contributed by atoms with E-state index < -0.39 is 0 Å². The minimum Gasteiger partial charge on any atom is -0.467 e. The number of benzene rings is 1. The Morgan fingerprint density at radius 2 is 2.19 bits per heavy atom. The van der Waals surface area contributed by atoms with Crippen LogP contribution in [0.25, 0.3) is 0 Å². The van der Waals surface area contributed by atoms with E-state index in [1.807, 2.05) is 30.3 Å². The van der Waals surface area contributed by atoms with Gasteiger partial charge in [-0.1, -0.05) is 18.2 Å². The van der Waals surface area contributed by atoms with Gasteiger partial charge in [0, 0.05) is 25.3 Å². The third-order valence-electron chi connectivity index (χ3n) is 2.80. The molecule has 1 aliphatic heterocycles. The zero-order valence-electron chi connectivity index (χ0n) is 9.35. The van der Waals surface area contributed by atoms with Gasteiger partial charge < -0.3 is 15.0 Å². The Morgan fingerprint density at radius 3 is 2.88 bits per heavy atom. The van der Waals surface area contributed by atoms with Crippen LogP contribution in [0.5, 0.6) is 0 Å². The van der Waals surface area contributed by atoms with Crippen molar-refractivity contribution in [1.29, 1.82) is 0 Å². The van der Waals surface area contributed by atoms with Crippen LogP contribution in [0, 0.1) is 0 Å². The van der Waals surface area contributed by atoms with Crippen LogP contribution in [-0.4, -0.2) is 38.8 Å². The second-order valence-corrected chi connectivity index (χ2v) is 3.77. The quantitative estimate of drug-likeness (QED) is 0.743. The predicted octanol–water partition coefficient (Wildman–Crippen LogP) is 0.638. The molecule has 1 fully saturated rings. The first-order chi connectivity index (χ1) is 7.83. The lowest BCUT2D eigenvalue weighted by Crippen LogP contribution is -2.55. The number of methoxy groups -OCH3 is 1. The Labute approximate surface area is 95.2 Å². The number of esters is 1. The molecule has 0 aromatic heterocycles. The summed E-state index contributed by atoms with van der Waals surface area (Å²) < 4.78 is 4.82. The largest absolute Gasteiger partial charge is 0.467 e. The SMILES string of the molecule is COC(=O)[C@H]1CNCCN1c1ccccc1. The standard InChI is InChI=1S/C12H16N2O2/c1-16-12(15)11-9-13-7-8-14(11)10-5-3-2-4-6-10/h2-6,11,13H,7-9H2,1H3/t11-/m1/s1. The van der Waals surface area contributed by atoms with Gasteiger partial charge in [0.2, 0.25) is 0 Å². The molecule has 1 saturated heterocycles. The van der Waals surface area contributed by atoms with Crippen molar-refractivity contribution in [1.82, 2.24) is 5.32 Å². The topological polar surface area (TPSA) is 41.6 Å². The molecule has 1 aromatic rings. The minimum absolute atomic E-state index is 0.184. The van der Waals surface area contributed by atoms with E-state index >= 15 is 0 Å². The van der Waals surface area contributed by atoms with Gasteiger partial charge in [0.05, 0.1) is 7.11 Å². The molecule has 0 bridgehead atoms. The molecule has 0 unspecified atom stereocenters. The van der Waals surface area contributed by atoms with E-state index in [9.17, 15) is 4.79 Å². The van der Waals surface area contributed by atoms with Crippen molar-refractivity contribution < 1.29 is 9.53 Å². The van der Waals surface area contributed by atoms with E-state index in [0.717, 1.165) is 18.8 Å². The summed E-state index contributed by atoms with van der Waals surface area (Å²) >= 11 is 0. The van der Waals surface area contributed by atoms with Crippen LogP contribution in [0.15, 0.2) is 30.3 Å². The highest BCUT2D eigenvalue weighted by Crippen LogP contribution is 2.18. The Morgan fingerprint density at radius 1 is 1.44 bits per heavy atom. The molecule has 0 spiro atoms. The van der Waals surface area contributed by atoms with Gasteiger partial charge >= 0.3 is 5.97 Å². The highest BCUT2D eigenvalue weighted by molar-refractivity contribution is 5.80. The Balaban J connectivity index is 2.20. The second-order valence-electron chi connectivity index (χ2n) is 3.77. The zero-order chi connectivity index (χ0) is 11.4. The fourth-order valence-electron chi connectivity index (χ4n) is 1.98. The first kappa shape index (κ1) is 11.0. The van der Waals surface area contributed by atoms with Gasteiger partial charge in [0.1, 0.15) is 6.04 Å². The van der Waals surface area contributed by atoms with Crippen LogP contribution in [0.2, 0.25) is 0 Å². The maximum Gasteiger partial charge on any atom is 0.329 e. The van der Waals surface area contributed by atoms with Gasteiger partial charge in [0.15, 0.2) is 0 Å². The lowest BCUT2D eigenvalue weighted by Gasteiger charge is -2.36. The molecule has 1 N–H and O–H groups in total. The first-order valence-corrected chi connectivity index (χ1v) is 5.43. The fraction of sp³-hybridized carbons (Fsp3) is 0.417. The highest BCUT2D eigenvalue weighted by Gasteiger charge is 2.29. The predicted molar refractivity (Wildman–Crippen MR) is 62.5 cm³/mol. The summed E-state index contributed by atoms with van der Waals surface area (Å²) in [6, 6.07) is 9.74. The van der Waals surface area contributed by atoms with Crippen LogP contribution in [0.3, 0.4) is 0 Å². The summed E-state index contributed by atoms with van der Waals surface area (Å²) in [6.07, 6.45) is 0. The van der Waals surface area contributed by atoms with Gasteiger partial charge in [-0.2, -0.15) is 0 Å². The lowest BCUT2D eigenvalue weighted by atomic mass is 10.1. The number of carbonyl (C=O) groups is 1. The number of anilines is 1. The van der Waals surface area contributed by atoms with E-state index in [4.69, 9.17) is 4.74 Å². The summed E-state index contributed by atoms with van der Waals surface area (Å²) in [5, 5.41) is 3.21. The highest BCUT2D eigenvalue weighted by atomic mass is 16.5. The smallest absolute Gasteiger partial charge is 0.329 e. The fourth-order valence-corrected chi connectivity index (χ4v) is 1.98. The lowest BCUT2D eigenvalue weighted by molar-refractivity contribution is -0.142. The molecule has 0 aliphatic carbocycles. The van der Waals surface area contributed by atoms with Crippen LogP contribution in [0.1, 0.15) is 0 Å². The second kappa shape index (κ2) is 4.99. The third kappa shape index (κ3) is 2.17. The normalized spacial score (nSPS) is 20.6. The van der Waals surface area contributed by atoms with Gasteiger partial charge in [0.25, 0.3) is 0 Å². The molecule has 4 heteroatoms. The minimum atomic E-state index is -0.221. The number of para-hydroxylation sites is 1. The van der Waals surface area contributed by atoms with Crippen LogP contribution < -0.4 is 10.2 Å². The average Bonchev–Trinajstić information content (AvgIpc) is 2.39. The number of piperazine rings is 1. The molecule has 1 aromatic carbocycles. The molecule has 0 radical (unpaired) electrons. The van der Waals surface area contributed by atoms with Crippen LogP contribution >= 0.6 is 0 Å². The molecule has 86 valence electrons. The van der Waals surface area contributed by atoms with Crippen molar-refractivity contribution in [3.63, 3.8) is 0 Å². The molecular formula is C12H16N2O2. The van der Waals surface area contributed by atoms with Crippen LogP contribution in [0.4, 0.5) is 5.69 Å². The van der Waals surface area contributed by atoms with E-state index in [2.05, 4.69) is 10.2 Å². The Bertz CT molecular complexity index is 353. The van der Waals surface area contributed by atoms with Gasteiger partial charge in [-0.25, -0.2) is 4.79 Å². The van der Waals surface area contributed by atoms with E-state index in [1.54, 1.807) is 0 Å². The van der Waals surface area contributed by atoms with E-state index in [-0.39, 0.29) is 12.0 Å². The Hall–Kier alpha value is -1.55. The monoisotopic (exact) mass is 220 g/mol. The molecule has 4 nitrogen and oxygen atoms in total. The summed E-state index contributed by atoms with van der Waals surface area (Å²) in [5.74, 6) is -0.184. The van der Waals surface area contributed by atoms with Gasteiger partial charge in [-0.05, 0) is 12.1 Å². The molecule has 2 rings (SSSR count). The number of nitrogens with one attached hydrogen (secondary N) is 1. The van der Waals surface area contributed by atoms with E-state index in [0.29, 0.717) is 6.54 Å². The number of carbonyl (C=O) groups excluding carboxylic acids is 1. The molecule has 16 heavy (non-hydrogen) atoms. The van der Waals surface area contributed by atoms with Crippen molar-refractivity contribution in [3.05, 3.63) is 30.3 Å². The summed E-state index contributed by atoms with van der Waals surface area (Å²) in [6.45, 7) is 2.35. The van der Waals surface area contributed by atoms with Crippen molar-refractivity contribution in [2.45, 2.75) is 6.04 Å². The zero-order valence-corrected chi connectivity index (χ0v) is 9.35. The number of rotatable bonds is 2. The van der Waals surface area contributed by atoms with Crippen molar-refractivity contribution in [2.75, 3.05) is 31.6 Å². The van der Waals surface area contributed by atoms with Gasteiger partial charge in [-0.15, -0.1) is 0 Å². The molecular weight excluding hydrogens is 204 g/mol. The molecule has 1 atom stereocenters. The number of ether oxygens (including phenoxy) is 1. The maximum absolute atomic E-state index is 11.6. The summed E-state index contributed by atoms with van der Waals surface area (Å²) in [4.78, 5) is 13.7. The summed E-state index contributed by atoms with van der Waals surface area (Å²) in [5.41, 5.74) is 1.07. The summed E-state index contributed by atoms with van der Waals surface area (Å²) in [7, 11) is 1.43. The molecule has 1 heterocycles. The number of nitrogens with zero attached hydrogens (tertiary/aromatic N) is 1. The van der Waals surface area contributed by atoms with E-state index in [1.165, 1.54) is 7.11 Å². The molecule has 1 aliphatic rings. The van der Waals surface area contributed by atoms with Crippen molar-refractivity contribution >= 4 is 11.7 Å². The third-order valence-corrected chi connectivity index (χ3v) is 2.80. The van der Waals surface area contributed by atoms with Gasteiger partial charge in [-0.3, -0.25) is 0 Å².